The van der Waals surface area contributed by atoms with Gasteiger partial charge in [-0.3, -0.25) is 9.98 Å². The minimum absolute atomic E-state index is 0. The fraction of sp³-hybridized carbons (Fsp3) is 0.312. The highest BCUT2D eigenvalue weighted by Gasteiger charge is 2.15. The molecule has 0 aliphatic carbocycles. The van der Waals surface area contributed by atoms with Gasteiger partial charge in [0.05, 0.1) is 25.9 Å². The van der Waals surface area contributed by atoms with E-state index >= 15 is 0 Å². The van der Waals surface area contributed by atoms with Crippen molar-refractivity contribution in [2.45, 2.75) is 20.0 Å². The summed E-state index contributed by atoms with van der Waals surface area (Å²) in [6.45, 7) is 2.69. The Bertz CT molecular complexity index is 686. The van der Waals surface area contributed by atoms with Gasteiger partial charge in [-0.15, -0.1) is 24.0 Å². The first-order chi connectivity index (χ1) is 11.1. The number of methoxy groups -OCH3 is 1. The van der Waals surface area contributed by atoms with Crippen LogP contribution < -0.4 is 10.6 Å². The minimum atomic E-state index is -0.407. The number of aliphatic imine (C=N–C) groups is 1. The standard InChI is InChI=1S/C16H20N4O3.HI/c1-11-14(15(21)22-3)8-13(23-11)10-20-16(17-2)19-9-12-6-4-5-7-18-12;/h4-8H,9-10H2,1-3H3,(H2,17,19,20);1H. The molecule has 7 nitrogen and oxygen atoms in total. The van der Waals surface area contributed by atoms with E-state index in [1.165, 1.54) is 7.11 Å². The first kappa shape index (κ1) is 19.9. The SMILES string of the molecule is CN=C(NCc1ccccn1)NCc1cc(C(=O)OC)c(C)o1.I. The van der Waals surface area contributed by atoms with Crippen molar-refractivity contribution in [3.05, 3.63) is 53.2 Å². The van der Waals surface area contributed by atoms with Crippen LogP contribution in [0.5, 0.6) is 0 Å². The predicted molar refractivity (Wildman–Crippen MR) is 101 cm³/mol. The third-order valence-electron chi connectivity index (χ3n) is 3.19. The molecule has 0 unspecified atom stereocenters. The van der Waals surface area contributed by atoms with Crippen molar-refractivity contribution in [3.8, 4) is 0 Å². The summed E-state index contributed by atoms with van der Waals surface area (Å²) in [6, 6.07) is 7.40. The van der Waals surface area contributed by atoms with Crippen LogP contribution in [0.1, 0.15) is 27.6 Å². The van der Waals surface area contributed by atoms with E-state index < -0.39 is 5.97 Å². The smallest absolute Gasteiger partial charge is 0.341 e. The third kappa shape index (κ3) is 5.52. The van der Waals surface area contributed by atoms with Crippen molar-refractivity contribution in [1.82, 2.24) is 15.6 Å². The van der Waals surface area contributed by atoms with Crippen LogP contribution >= 0.6 is 24.0 Å². The normalized spacial score (nSPS) is 10.7. The van der Waals surface area contributed by atoms with E-state index in [4.69, 9.17) is 9.15 Å². The number of nitrogens with one attached hydrogen (secondary N) is 2. The van der Waals surface area contributed by atoms with Crippen molar-refractivity contribution < 1.29 is 13.9 Å². The van der Waals surface area contributed by atoms with Gasteiger partial charge in [0, 0.05) is 13.2 Å². The van der Waals surface area contributed by atoms with Crippen LogP contribution in [0.4, 0.5) is 0 Å². The summed E-state index contributed by atoms with van der Waals surface area (Å²) in [5.41, 5.74) is 1.35. The number of furan rings is 1. The van der Waals surface area contributed by atoms with E-state index in [1.807, 2.05) is 18.2 Å². The third-order valence-corrected chi connectivity index (χ3v) is 3.19. The van der Waals surface area contributed by atoms with Crippen molar-refractivity contribution in [1.29, 1.82) is 0 Å². The molecular weight excluding hydrogens is 423 g/mol. The number of hydrogen-bond donors (Lipinski definition) is 2. The van der Waals surface area contributed by atoms with Gasteiger partial charge in [0.2, 0.25) is 0 Å². The number of hydrogen-bond acceptors (Lipinski definition) is 5. The molecule has 2 heterocycles. The monoisotopic (exact) mass is 444 g/mol. The van der Waals surface area contributed by atoms with Crippen LogP contribution in [-0.4, -0.2) is 31.1 Å². The zero-order valence-corrected chi connectivity index (χ0v) is 16.2. The van der Waals surface area contributed by atoms with E-state index in [1.54, 1.807) is 26.2 Å². The molecule has 0 bridgehead atoms. The fourth-order valence-electron chi connectivity index (χ4n) is 2.01. The van der Waals surface area contributed by atoms with Crippen LogP contribution in [0.2, 0.25) is 0 Å². The Morgan fingerprint density at radius 2 is 2.08 bits per heavy atom. The molecule has 0 aliphatic rings. The first-order valence-corrected chi connectivity index (χ1v) is 7.16. The summed E-state index contributed by atoms with van der Waals surface area (Å²) < 4.78 is 10.2. The number of guanidine groups is 1. The van der Waals surface area contributed by atoms with Gasteiger partial charge in [-0.25, -0.2) is 4.79 Å². The van der Waals surface area contributed by atoms with Gasteiger partial charge in [0.25, 0.3) is 0 Å². The van der Waals surface area contributed by atoms with Crippen LogP contribution in [0.15, 0.2) is 39.9 Å². The molecule has 0 atom stereocenters. The molecule has 0 saturated carbocycles. The van der Waals surface area contributed by atoms with Crippen molar-refractivity contribution >= 4 is 35.9 Å². The molecule has 2 aromatic rings. The lowest BCUT2D eigenvalue weighted by Crippen LogP contribution is -2.36. The number of carbonyl (C=O) groups excluding carboxylic acids is 1. The van der Waals surface area contributed by atoms with Gasteiger partial charge in [-0.1, -0.05) is 6.07 Å². The molecule has 2 N–H and O–H groups in total. The molecule has 24 heavy (non-hydrogen) atoms. The minimum Gasteiger partial charge on any atom is -0.465 e. The Balaban J connectivity index is 0.00000288. The maximum absolute atomic E-state index is 11.6. The molecule has 0 fully saturated rings. The number of carbonyl (C=O) groups is 1. The number of aryl methyl sites for hydroxylation is 1. The van der Waals surface area contributed by atoms with E-state index in [0.717, 1.165) is 5.69 Å². The number of pyridine rings is 1. The molecule has 0 radical (unpaired) electrons. The fourth-order valence-corrected chi connectivity index (χ4v) is 2.01. The largest absolute Gasteiger partial charge is 0.465 e. The average molecular weight is 444 g/mol. The lowest BCUT2D eigenvalue weighted by molar-refractivity contribution is 0.0599. The molecule has 0 amide bonds. The number of esters is 1. The maximum atomic E-state index is 11.6. The van der Waals surface area contributed by atoms with Crippen LogP contribution in [0, 0.1) is 6.92 Å². The van der Waals surface area contributed by atoms with Gasteiger partial charge in [0.1, 0.15) is 17.1 Å². The molecule has 0 spiro atoms. The summed E-state index contributed by atoms with van der Waals surface area (Å²) in [6.07, 6.45) is 1.74. The zero-order valence-electron chi connectivity index (χ0n) is 13.8. The summed E-state index contributed by atoms with van der Waals surface area (Å²) in [7, 11) is 3.02. The summed E-state index contributed by atoms with van der Waals surface area (Å²) in [5, 5.41) is 6.27. The van der Waals surface area contributed by atoms with Crippen molar-refractivity contribution in [2.75, 3.05) is 14.2 Å². The van der Waals surface area contributed by atoms with Crippen molar-refractivity contribution in [2.24, 2.45) is 4.99 Å². The average Bonchev–Trinajstić information content (AvgIpc) is 2.96. The highest BCUT2D eigenvalue weighted by Crippen LogP contribution is 2.15. The van der Waals surface area contributed by atoms with Gasteiger partial charge in [-0.05, 0) is 25.1 Å². The molecule has 130 valence electrons. The second-order valence-corrected chi connectivity index (χ2v) is 4.77. The number of nitrogens with zero attached hydrogens (tertiary/aromatic N) is 2. The highest BCUT2D eigenvalue weighted by atomic mass is 127. The van der Waals surface area contributed by atoms with Crippen LogP contribution in [0.3, 0.4) is 0 Å². The maximum Gasteiger partial charge on any atom is 0.341 e. The quantitative estimate of drug-likeness (QED) is 0.319. The molecule has 0 aromatic carbocycles. The molecule has 0 aliphatic heterocycles. The van der Waals surface area contributed by atoms with E-state index in [0.29, 0.717) is 36.1 Å². The summed E-state index contributed by atoms with van der Waals surface area (Å²) in [4.78, 5) is 19.9. The Morgan fingerprint density at radius 3 is 2.71 bits per heavy atom. The predicted octanol–water partition coefficient (Wildman–Crippen LogP) is 2.25. The number of rotatable bonds is 5. The first-order valence-electron chi connectivity index (χ1n) is 7.16. The number of ether oxygens (including phenoxy) is 1. The van der Waals surface area contributed by atoms with Gasteiger partial charge >= 0.3 is 5.97 Å². The summed E-state index contributed by atoms with van der Waals surface area (Å²) >= 11 is 0. The molecular formula is C16H21IN4O3. The molecule has 0 saturated heterocycles. The lowest BCUT2D eigenvalue weighted by Gasteiger charge is -2.10. The highest BCUT2D eigenvalue weighted by molar-refractivity contribution is 14.0. The Kier molecular flexibility index (Phi) is 8.24. The second kappa shape index (κ2) is 9.91. The van der Waals surface area contributed by atoms with Crippen molar-refractivity contribution in [3.63, 3.8) is 0 Å². The van der Waals surface area contributed by atoms with Crippen LogP contribution in [0.25, 0.3) is 0 Å². The Labute approximate surface area is 157 Å². The van der Waals surface area contributed by atoms with Gasteiger partial charge in [0.15, 0.2) is 5.96 Å². The molecule has 2 aromatic heterocycles. The van der Waals surface area contributed by atoms with Gasteiger partial charge < -0.3 is 19.8 Å². The Morgan fingerprint density at radius 1 is 1.33 bits per heavy atom. The van der Waals surface area contributed by atoms with E-state index in [9.17, 15) is 4.79 Å². The van der Waals surface area contributed by atoms with E-state index in [2.05, 4.69) is 20.6 Å². The topological polar surface area (TPSA) is 88.8 Å². The molecule has 2 rings (SSSR count). The number of halogens is 1. The number of aromatic nitrogens is 1. The molecule has 8 heteroatoms. The van der Waals surface area contributed by atoms with E-state index in [-0.39, 0.29) is 24.0 Å². The zero-order chi connectivity index (χ0) is 16.7. The lowest BCUT2D eigenvalue weighted by atomic mass is 10.2. The van der Waals surface area contributed by atoms with Gasteiger partial charge in [-0.2, -0.15) is 0 Å². The van der Waals surface area contributed by atoms with Crippen LogP contribution in [-0.2, 0) is 17.8 Å². The summed E-state index contributed by atoms with van der Waals surface area (Å²) in [5.74, 6) is 1.37. The second-order valence-electron chi connectivity index (χ2n) is 4.77. The Hall–Kier alpha value is -2.10.